The van der Waals surface area contributed by atoms with Gasteiger partial charge in [0.05, 0.1) is 30.3 Å². The number of rotatable bonds is 8. The second kappa shape index (κ2) is 10.8. The Morgan fingerprint density at radius 1 is 1.26 bits per heavy atom. The van der Waals surface area contributed by atoms with Crippen LogP contribution in [-0.4, -0.2) is 74.8 Å². The molecule has 5 rings (SSSR count). The first-order chi connectivity index (χ1) is 18.6. The number of H-pyrrole nitrogens is 1. The lowest BCUT2D eigenvalue weighted by molar-refractivity contribution is -0.141. The van der Waals surface area contributed by atoms with Gasteiger partial charge in [-0.05, 0) is 57.2 Å². The molecule has 0 radical (unpaired) electrons. The maximum atomic E-state index is 14.9. The Morgan fingerprint density at radius 2 is 2.03 bits per heavy atom. The fourth-order valence-electron chi connectivity index (χ4n) is 4.86. The molecule has 3 atom stereocenters. The number of amides is 2. The van der Waals surface area contributed by atoms with Crippen molar-refractivity contribution in [2.45, 2.75) is 57.9 Å². The Bertz CT molecular complexity index is 1390. The standard InChI is InChI=1S/C27H30F3N5O4/c1-13-21(26(37)34-19-7-8-35(10-18(19)28)27(38)14(2)36)23-24(33-13)22(31-12-32-23)17-9-16(25(29)30)5-6-20(17)39-11-15-3-4-15/h5-6,9,12,14-15,18-19,25,33,36H,3-4,7-8,10-11H2,1-2H3,(H,34,37)/t14-,18+,19-/m0/s1. The van der Waals surface area contributed by atoms with Crippen molar-refractivity contribution >= 4 is 22.8 Å². The van der Waals surface area contributed by atoms with E-state index in [0.717, 1.165) is 12.8 Å². The number of aliphatic hydroxyl groups is 1. The molecule has 1 saturated heterocycles. The van der Waals surface area contributed by atoms with E-state index in [4.69, 9.17) is 4.74 Å². The Balaban J connectivity index is 1.43. The van der Waals surface area contributed by atoms with Gasteiger partial charge in [0.25, 0.3) is 18.2 Å². The lowest BCUT2D eigenvalue weighted by Crippen LogP contribution is -2.55. The van der Waals surface area contributed by atoms with E-state index in [1.54, 1.807) is 6.92 Å². The summed E-state index contributed by atoms with van der Waals surface area (Å²) in [5, 5.41) is 12.2. The van der Waals surface area contributed by atoms with Crippen LogP contribution in [0.1, 0.15) is 54.2 Å². The quantitative estimate of drug-likeness (QED) is 0.397. The molecule has 9 nitrogen and oxygen atoms in total. The van der Waals surface area contributed by atoms with Gasteiger partial charge in [-0.15, -0.1) is 0 Å². The highest BCUT2D eigenvalue weighted by Crippen LogP contribution is 2.38. The van der Waals surface area contributed by atoms with Gasteiger partial charge in [0.15, 0.2) is 0 Å². The smallest absolute Gasteiger partial charge is 0.263 e. The minimum Gasteiger partial charge on any atom is -0.493 e. The fourth-order valence-corrected chi connectivity index (χ4v) is 4.86. The van der Waals surface area contributed by atoms with E-state index in [1.807, 2.05) is 0 Å². The molecule has 2 amide bonds. The van der Waals surface area contributed by atoms with Gasteiger partial charge in [-0.2, -0.15) is 0 Å². The molecule has 3 heterocycles. The van der Waals surface area contributed by atoms with Crippen molar-refractivity contribution in [2.75, 3.05) is 19.7 Å². The fraction of sp³-hybridized carbons (Fsp3) is 0.481. The SMILES string of the molecule is Cc1[nH]c2c(-c3cc(C(F)F)ccc3OCC3CC3)ncnc2c1C(=O)N[C@H]1CCN(C(=O)[C@H](C)O)C[C@H]1F. The topological polar surface area (TPSA) is 120 Å². The zero-order chi connectivity index (χ0) is 27.8. The third-order valence-electron chi connectivity index (χ3n) is 7.21. The van der Waals surface area contributed by atoms with Crippen LogP contribution in [0.3, 0.4) is 0 Å². The largest absolute Gasteiger partial charge is 0.493 e. The van der Waals surface area contributed by atoms with Crippen molar-refractivity contribution in [3.8, 4) is 17.0 Å². The van der Waals surface area contributed by atoms with Crippen LogP contribution in [0.15, 0.2) is 24.5 Å². The molecule has 2 fully saturated rings. The highest BCUT2D eigenvalue weighted by Gasteiger charge is 2.34. The predicted octanol–water partition coefficient (Wildman–Crippen LogP) is 3.71. The van der Waals surface area contributed by atoms with Gasteiger partial charge in [0, 0.05) is 23.4 Å². The zero-order valence-electron chi connectivity index (χ0n) is 21.6. The first-order valence-electron chi connectivity index (χ1n) is 12.9. The van der Waals surface area contributed by atoms with Crippen LogP contribution in [0.2, 0.25) is 0 Å². The summed E-state index contributed by atoms with van der Waals surface area (Å²) < 4.78 is 48.0. The van der Waals surface area contributed by atoms with Gasteiger partial charge in [-0.3, -0.25) is 9.59 Å². The number of nitrogens with one attached hydrogen (secondary N) is 2. The molecule has 3 N–H and O–H groups in total. The third kappa shape index (κ3) is 5.56. The van der Waals surface area contributed by atoms with Gasteiger partial charge in [0.1, 0.15) is 35.6 Å². The van der Waals surface area contributed by atoms with Gasteiger partial charge in [-0.1, -0.05) is 0 Å². The van der Waals surface area contributed by atoms with Crippen LogP contribution < -0.4 is 10.1 Å². The van der Waals surface area contributed by atoms with Crippen LogP contribution >= 0.6 is 0 Å². The summed E-state index contributed by atoms with van der Waals surface area (Å²) >= 11 is 0. The number of hydrogen-bond donors (Lipinski definition) is 3. The molecule has 0 spiro atoms. The highest BCUT2D eigenvalue weighted by molar-refractivity contribution is 6.09. The molecule has 2 aromatic heterocycles. The molecule has 1 aliphatic carbocycles. The second-order valence-electron chi connectivity index (χ2n) is 10.2. The molecular formula is C27H30F3N5O4. The molecule has 3 aromatic rings. The zero-order valence-corrected chi connectivity index (χ0v) is 21.6. The van der Waals surface area contributed by atoms with Gasteiger partial charge < -0.3 is 25.0 Å². The molecule has 0 bridgehead atoms. The summed E-state index contributed by atoms with van der Waals surface area (Å²) in [5.41, 5.74) is 1.75. The summed E-state index contributed by atoms with van der Waals surface area (Å²) in [6, 6.07) is 3.32. The van der Waals surface area contributed by atoms with Crippen LogP contribution in [-0.2, 0) is 4.79 Å². The third-order valence-corrected chi connectivity index (χ3v) is 7.21. The number of aliphatic hydroxyl groups excluding tert-OH is 1. The lowest BCUT2D eigenvalue weighted by atomic mass is 10.0. The maximum Gasteiger partial charge on any atom is 0.263 e. The molecule has 1 aliphatic heterocycles. The summed E-state index contributed by atoms with van der Waals surface area (Å²) in [6.07, 6.45) is -1.90. The van der Waals surface area contributed by atoms with Crippen LogP contribution in [0.25, 0.3) is 22.3 Å². The number of benzene rings is 1. The first kappa shape index (κ1) is 26.9. The Hall–Kier alpha value is -3.67. The van der Waals surface area contributed by atoms with Crippen molar-refractivity contribution < 1.29 is 32.6 Å². The number of ether oxygens (including phenoxy) is 1. The summed E-state index contributed by atoms with van der Waals surface area (Å²) in [6.45, 7) is 3.41. The predicted molar refractivity (Wildman–Crippen MR) is 136 cm³/mol. The van der Waals surface area contributed by atoms with E-state index in [2.05, 4.69) is 20.3 Å². The molecule has 1 aromatic carbocycles. The number of carbonyl (C=O) groups excluding carboxylic acids is 2. The van der Waals surface area contributed by atoms with E-state index in [-0.39, 0.29) is 36.2 Å². The van der Waals surface area contributed by atoms with Crippen molar-refractivity contribution in [1.29, 1.82) is 0 Å². The number of carbonyl (C=O) groups is 2. The number of halogens is 3. The number of hydrogen-bond acceptors (Lipinski definition) is 6. The van der Waals surface area contributed by atoms with Crippen molar-refractivity contribution in [2.24, 2.45) is 5.92 Å². The number of aromatic amines is 1. The number of aryl methyl sites for hydroxylation is 1. The molecule has 208 valence electrons. The molecule has 12 heteroatoms. The van der Waals surface area contributed by atoms with E-state index < -0.39 is 36.6 Å². The van der Waals surface area contributed by atoms with Gasteiger partial charge >= 0.3 is 0 Å². The number of alkyl halides is 3. The normalized spacial score (nSPS) is 20.3. The lowest BCUT2D eigenvalue weighted by Gasteiger charge is -2.35. The van der Waals surface area contributed by atoms with Crippen molar-refractivity contribution in [3.63, 3.8) is 0 Å². The van der Waals surface area contributed by atoms with Gasteiger partial charge in [0.2, 0.25) is 0 Å². The van der Waals surface area contributed by atoms with Crippen molar-refractivity contribution in [3.05, 3.63) is 41.3 Å². The van der Waals surface area contributed by atoms with E-state index >= 15 is 0 Å². The maximum absolute atomic E-state index is 14.9. The van der Waals surface area contributed by atoms with E-state index in [0.29, 0.717) is 40.7 Å². The minimum atomic E-state index is -2.69. The van der Waals surface area contributed by atoms with Gasteiger partial charge in [-0.25, -0.2) is 23.1 Å². The van der Waals surface area contributed by atoms with E-state index in [1.165, 1.54) is 36.4 Å². The summed E-state index contributed by atoms with van der Waals surface area (Å²) in [7, 11) is 0. The highest BCUT2D eigenvalue weighted by atomic mass is 19.3. The van der Waals surface area contributed by atoms with Crippen molar-refractivity contribution in [1.82, 2.24) is 25.2 Å². The number of fused-ring (bicyclic) bond motifs is 1. The Kier molecular flexibility index (Phi) is 7.48. The summed E-state index contributed by atoms with van der Waals surface area (Å²) in [4.78, 5) is 38.3. The first-order valence-corrected chi connectivity index (χ1v) is 12.9. The molecule has 0 unspecified atom stereocenters. The molecule has 2 aliphatic rings. The number of nitrogens with zero attached hydrogens (tertiary/aromatic N) is 3. The Morgan fingerprint density at radius 3 is 2.69 bits per heavy atom. The number of aromatic nitrogens is 3. The van der Waals surface area contributed by atoms with Crippen LogP contribution in [0.5, 0.6) is 5.75 Å². The monoisotopic (exact) mass is 545 g/mol. The number of piperidine rings is 1. The average molecular weight is 546 g/mol. The van der Waals surface area contributed by atoms with Crippen LogP contribution in [0.4, 0.5) is 13.2 Å². The van der Waals surface area contributed by atoms with E-state index in [9.17, 15) is 27.9 Å². The second-order valence-corrected chi connectivity index (χ2v) is 10.2. The minimum absolute atomic E-state index is 0.176. The number of likely N-dealkylation sites (tertiary alicyclic amines) is 1. The average Bonchev–Trinajstić information content (AvgIpc) is 3.67. The Labute approximate surface area is 222 Å². The molecular weight excluding hydrogens is 515 g/mol. The molecule has 39 heavy (non-hydrogen) atoms. The molecule has 1 saturated carbocycles. The van der Waals surface area contributed by atoms with Crippen LogP contribution in [0, 0.1) is 12.8 Å². The summed E-state index contributed by atoms with van der Waals surface area (Å²) in [5.74, 6) is -0.269.